The molecule has 2 aromatic carbocycles. The van der Waals surface area contributed by atoms with E-state index in [1.54, 1.807) is 12.1 Å². The van der Waals surface area contributed by atoms with Gasteiger partial charge in [0.2, 0.25) is 26.0 Å². The molecule has 0 bridgehead atoms. The third-order valence-corrected chi connectivity index (χ3v) is 10.1. The highest BCUT2D eigenvalue weighted by Crippen LogP contribution is 2.26. The summed E-state index contributed by atoms with van der Waals surface area (Å²) in [5.74, 6) is -0.796. The molecule has 2 saturated heterocycles. The van der Waals surface area contributed by atoms with Crippen LogP contribution in [0.4, 0.5) is 5.69 Å². The maximum Gasteiger partial charge on any atom is 0.243 e. The van der Waals surface area contributed by atoms with Crippen LogP contribution in [0.5, 0.6) is 0 Å². The van der Waals surface area contributed by atoms with Crippen molar-refractivity contribution in [1.29, 1.82) is 0 Å². The molecule has 178 valence electrons. The zero-order valence-electron chi connectivity index (χ0n) is 18.0. The molecule has 2 aromatic rings. The first-order valence-electron chi connectivity index (χ1n) is 10.8. The molecule has 2 fully saturated rings. The summed E-state index contributed by atoms with van der Waals surface area (Å²) < 4.78 is 54.0. The van der Waals surface area contributed by atoms with Crippen LogP contribution in [0.25, 0.3) is 0 Å². The number of sulfonamides is 2. The first kappa shape index (κ1) is 24.2. The summed E-state index contributed by atoms with van der Waals surface area (Å²) in [5.41, 5.74) is 0.470. The lowest BCUT2D eigenvalue weighted by Gasteiger charge is -2.31. The molecule has 0 radical (unpaired) electrons. The van der Waals surface area contributed by atoms with E-state index in [1.807, 2.05) is 0 Å². The molecule has 0 unspecified atom stereocenters. The maximum atomic E-state index is 13.0. The summed E-state index contributed by atoms with van der Waals surface area (Å²) in [6.07, 6.45) is 2.86. The second-order valence-corrected chi connectivity index (χ2v) is 12.6. The van der Waals surface area contributed by atoms with Gasteiger partial charge in [0, 0.05) is 36.9 Å². The number of anilines is 1. The molecular weight excluding hydrogens is 486 g/mol. The summed E-state index contributed by atoms with van der Waals surface area (Å²) in [5, 5.41) is 3.24. The highest BCUT2D eigenvalue weighted by Gasteiger charge is 2.33. The number of amides is 1. The van der Waals surface area contributed by atoms with E-state index in [0.29, 0.717) is 43.2 Å². The summed E-state index contributed by atoms with van der Waals surface area (Å²) in [6.45, 7) is 1.48. The molecule has 4 rings (SSSR count). The van der Waals surface area contributed by atoms with E-state index in [-0.39, 0.29) is 22.2 Å². The number of hydrogen-bond donors (Lipinski definition) is 1. The van der Waals surface area contributed by atoms with Crippen LogP contribution in [-0.4, -0.2) is 57.5 Å². The van der Waals surface area contributed by atoms with E-state index in [2.05, 4.69) is 5.32 Å². The first-order chi connectivity index (χ1) is 15.7. The molecule has 2 aliphatic heterocycles. The maximum absolute atomic E-state index is 13.0. The van der Waals surface area contributed by atoms with Crippen molar-refractivity contribution in [3.05, 3.63) is 53.6 Å². The topological polar surface area (TPSA) is 104 Å². The summed E-state index contributed by atoms with van der Waals surface area (Å²) >= 11 is 5.86. The largest absolute Gasteiger partial charge is 0.326 e. The second kappa shape index (κ2) is 9.71. The quantitative estimate of drug-likeness (QED) is 0.641. The minimum absolute atomic E-state index is 0.0816. The van der Waals surface area contributed by atoms with Crippen LogP contribution in [0.3, 0.4) is 0 Å². The van der Waals surface area contributed by atoms with Crippen molar-refractivity contribution in [3.8, 4) is 0 Å². The third kappa shape index (κ3) is 5.25. The van der Waals surface area contributed by atoms with E-state index < -0.39 is 26.0 Å². The van der Waals surface area contributed by atoms with Crippen LogP contribution in [-0.2, 0) is 24.8 Å². The Labute approximate surface area is 199 Å². The van der Waals surface area contributed by atoms with Crippen molar-refractivity contribution >= 4 is 43.2 Å². The van der Waals surface area contributed by atoms with E-state index in [9.17, 15) is 21.6 Å². The normalized spacial score (nSPS) is 20.6. The van der Waals surface area contributed by atoms with Gasteiger partial charge >= 0.3 is 0 Å². The number of hydrogen-bond acceptors (Lipinski definition) is 5. The van der Waals surface area contributed by atoms with Gasteiger partial charge in [0.05, 0.1) is 15.7 Å². The molecule has 2 heterocycles. The standard InChI is InChI=1S/C22H26ClN3O5S2/c23-18-5-9-20(10-6-18)33(30,31)26-15-3-4-17(16-26)22(27)24-19-7-11-21(12-8-19)32(28,29)25-13-1-2-14-25/h5-12,17H,1-4,13-16H2,(H,24,27)/t17-/m1/s1. The van der Waals surface area contributed by atoms with Crippen LogP contribution in [0.2, 0.25) is 5.02 Å². The van der Waals surface area contributed by atoms with Gasteiger partial charge in [-0.15, -0.1) is 0 Å². The molecule has 2 aliphatic rings. The monoisotopic (exact) mass is 511 g/mol. The summed E-state index contributed by atoms with van der Waals surface area (Å²) in [4.78, 5) is 13.2. The molecule has 1 N–H and O–H groups in total. The van der Waals surface area contributed by atoms with Gasteiger partial charge in [-0.1, -0.05) is 11.6 Å². The number of halogens is 1. The van der Waals surface area contributed by atoms with E-state index >= 15 is 0 Å². The fourth-order valence-electron chi connectivity index (χ4n) is 4.16. The molecule has 1 atom stereocenters. The van der Waals surface area contributed by atoms with E-state index in [4.69, 9.17) is 11.6 Å². The average Bonchev–Trinajstić information content (AvgIpc) is 3.36. The fraction of sp³-hybridized carbons (Fsp3) is 0.409. The lowest BCUT2D eigenvalue weighted by atomic mass is 9.99. The highest BCUT2D eigenvalue weighted by atomic mass is 35.5. The predicted molar refractivity (Wildman–Crippen MR) is 126 cm³/mol. The van der Waals surface area contributed by atoms with E-state index in [1.165, 1.54) is 45.0 Å². The average molecular weight is 512 g/mol. The lowest BCUT2D eigenvalue weighted by molar-refractivity contribution is -0.120. The van der Waals surface area contributed by atoms with Crippen LogP contribution in [0.15, 0.2) is 58.3 Å². The molecular formula is C22H26ClN3O5S2. The van der Waals surface area contributed by atoms with E-state index in [0.717, 1.165) is 12.8 Å². The summed E-state index contributed by atoms with van der Waals surface area (Å²) in [7, 11) is -7.24. The Hall–Kier alpha value is -1.98. The molecule has 11 heteroatoms. The van der Waals surface area contributed by atoms with Gasteiger partial charge in [0.15, 0.2) is 0 Å². The lowest BCUT2D eigenvalue weighted by Crippen LogP contribution is -2.43. The van der Waals surface area contributed by atoms with Gasteiger partial charge in [-0.2, -0.15) is 8.61 Å². The molecule has 0 spiro atoms. The van der Waals surface area contributed by atoms with Gasteiger partial charge < -0.3 is 5.32 Å². The smallest absolute Gasteiger partial charge is 0.243 e. The van der Waals surface area contributed by atoms with Crippen LogP contribution < -0.4 is 5.32 Å². The molecule has 1 amide bonds. The number of piperidine rings is 1. The van der Waals surface area contributed by atoms with Crippen molar-refractivity contribution in [2.75, 3.05) is 31.5 Å². The van der Waals surface area contributed by atoms with Crippen molar-refractivity contribution in [1.82, 2.24) is 8.61 Å². The number of benzene rings is 2. The molecule has 8 nitrogen and oxygen atoms in total. The predicted octanol–water partition coefficient (Wildman–Crippen LogP) is 3.16. The molecule has 33 heavy (non-hydrogen) atoms. The Morgan fingerprint density at radius 2 is 1.30 bits per heavy atom. The molecule has 0 aliphatic carbocycles. The van der Waals surface area contributed by atoms with Gasteiger partial charge in [-0.3, -0.25) is 4.79 Å². The Morgan fingerprint density at radius 1 is 0.788 bits per heavy atom. The number of rotatable bonds is 6. The minimum atomic E-state index is -3.72. The van der Waals surface area contributed by atoms with Crippen LogP contribution in [0.1, 0.15) is 25.7 Å². The second-order valence-electron chi connectivity index (χ2n) is 8.28. The molecule has 0 aromatic heterocycles. The minimum Gasteiger partial charge on any atom is -0.326 e. The Bertz CT molecular complexity index is 1210. The van der Waals surface area contributed by atoms with Gasteiger partial charge in [0.1, 0.15) is 0 Å². The Kier molecular flexibility index (Phi) is 7.11. The third-order valence-electron chi connectivity index (χ3n) is 6.03. The summed E-state index contributed by atoms with van der Waals surface area (Å²) in [6, 6.07) is 12.1. The number of nitrogens with one attached hydrogen (secondary N) is 1. The number of carbonyl (C=O) groups excluding carboxylic acids is 1. The van der Waals surface area contributed by atoms with Crippen molar-refractivity contribution < 1.29 is 21.6 Å². The van der Waals surface area contributed by atoms with Crippen LogP contribution in [0, 0.1) is 5.92 Å². The van der Waals surface area contributed by atoms with Crippen molar-refractivity contribution in [2.45, 2.75) is 35.5 Å². The van der Waals surface area contributed by atoms with Crippen molar-refractivity contribution in [3.63, 3.8) is 0 Å². The van der Waals surface area contributed by atoms with Gasteiger partial charge in [0.25, 0.3) is 0 Å². The zero-order chi connectivity index (χ0) is 23.6. The van der Waals surface area contributed by atoms with Crippen LogP contribution >= 0.6 is 11.6 Å². The number of carbonyl (C=O) groups is 1. The zero-order valence-corrected chi connectivity index (χ0v) is 20.4. The Morgan fingerprint density at radius 3 is 1.91 bits per heavy atom. The first-order valence-corrected chi connectivity index (χ1v) is 14.1. The van der Waals surface area contributed by atoms with Gasteiger partial charge in [-0.05, 0) is 74.2 Å². The van der Waals surface area contributed by atoms with Crippen molar-refractivity contribution in [2.24, 2.45) is 5.92 Å². The highest BCUT2D eigenvalue weighted by molar-refractivity contribution is 7.89. The molecule has 0 saturated carbocycles. The fourth-order valence-corrected chi connectivity index (χ4v) is 7.33. The Balaban J connectivity index is 1.41. The van der Waals surface area contributed by atoms with Gasteiger partial charge in [-0.25, -0.2) is 16.8 Å². The SMILES string of the molecule is O=C(Nc1ccc(S(=O)(=O)N2CCCC2)cc1)[C@@H]1CCCN(S(=O)(=O)c2ccc(Cl)cc2)C1. The number of nitrogens with zero attached hydrogens (tertiary/aromatic N) is 2.